The Labute approximate surface area is 146 Å². The van der Waals surface area contributed by atoms with Gasteiger partial charge in [-0.3, -0.25) is 9.89 Å². The second-order valence-corrected chi connectivity index (χ2v) is 7.92. The fourth-order valence-corrected chi connectivity index (χ4v) is 5.46. The number of rotatable bonds is 1. The number of aromatic nitrogens is 2. The summed E-state index contributed by atoms with van der Waals surface area (Å²) in [7, 11) is 0. The minimum absolute atomic E-state index is 0.0213. The second kappa shape index (κ2) is 5.81. The molecule has 1 amide bonds. The zero-order valence-corrected chi connectivity index (χ0v) is 14.8. The number of hydrogen-bond acceptors (Lipinski definition) is 3. The average molecular weight is 339 g/mol. The SMILES string of the molecule is C/C=C/C(=O)N1CCC2(CC1)Sc1ccccc1-c1n[nH]c(C)c12. The molecule has 0 radical (unpaired) electrons. The van der Waals surface area contributed by atoms with Crippen LogP contribution in [0.1, 0.15) is 31.0 Å². The van der Waals surface area contributed by atoms with Gasteiger partial charge < -0.3 is 4.90 Å². The van der Waals surface area contributed by atoms with Gasteiger partial charge >= 0.3 is 0 Å². The van der Waals surface area contributed by atoms with E-state index in [9.17, 15) is 4.79 Å². The molecule has 4 nitrogen and oxygen atoms in total. The molecule has 3 heterocycles. The first-order valence-electron chi connectivity index (χ1n) is 8.40. The first-order chi connectivity index (χ1) is 11.6. The van der Waals surface area contributed by atoms with Crippen LogP contribution in [0.3, 0.4) is 0 Å². The van der Waals surface area contributed by atoms with Gasteiger partial charge in [-0.1, -0.05) is 24.3 Å². The van der Waals surface area contributed by atoms with Crippen molar-refractivity contribution < 1.29 is 4.79 Å². The largest absolute Gasteiger partial charge is 0.339 e. The van der Waals surface area contributed by atoms with E-state index in [2.05, 4.69) is 41.4 Å². The monoisotopic (exact) mass is 339 g/mol. The van der Waals surface area contributed by atoms with Gasteiger partial charge in [-0.2, -0.15) is 5.10 Å². The second-order valence-electron chi connectivity index (χ2n) is 6.49. The summed E-state index contributed by atoms with van der Waals surface area (Å²) in [6.07, 6.45) is 5.40. The van der Waals surface area contributed by atoms with Gasteiger partial charge in [0.25, 0.3) is 0 Å². The molecular formula is C19H21N3OS. The Morgan fingerprint density at radius 2 is 2.08 bits per heavy atom. The van der Waals surface area contributed by atoms with E-state index >= 15 is 0 Å². The van der Waals surface area contributed by atoms with E-state index in [1.165, 1.54) is 16.0 Å². The van der Waals surface area contributed by atoms with E-state index in [-0.39, 0.29) is 10.7 Å². The molecule has 1 spiro atoms. The highest BCUT2D eigenvalue weighted by Crippen LogP contribution is 2.57. The normalized spacial score (nSPS) is 18.7. The molecule has 5 heteroatoms. The molecule has 1 aromatic heterocycles. The summed E-state index contributed by atoms with van der Waals surface area (Å²) < 4.78 is 0.0213. The number of benzene rings is 1. The maximum absolute atomic E-state index is 12.1. The van der Waals surface area contributed by atoms with Crippen LogP contribution in [0.2, 0.25) is 0 Å². The number of aryl methyl sites for hydroxylation is 1. The Balaban J connectivity index is 1.70. The molecule has 1 saturated heterocycles. The van der Waals surface area contributed by atoms with Gasteiger partial charge in [0.15, 0.2) is 0 Å². The van der Waals surface area contributed by atoms with Crippen molar-refractivity contribution in [1.29, 1.82) is 0 Å². The third kappa shape index (κ3) is 2.30. The minimum atomic E-state index is 0.0213. The van der Waals surface area contributed by atoms with Gasteiger partial charge in [0.05, 0.1) is 10.4 Å². The average Bonchev–Trinajstić information content (AvgIpc) is 2.99. The highest BCUT2D eigenvalue weighted by molar-refractivity contribution is 8.00. The Hall–Kier alpha value is -2.01. The highest BCUT2D eigenvalue weighted by atomic mass is 32.2. The van der Waals surface area contributed by atoms with Crippen molar-refractivity contribution in [3.05, 3.63) is 47.7 Å². The standard InChI is InChI=1S/C19H21N3OS/c1-3-6-16(23)22-11-9-19(10-12-22)17-13(2)20-21-18(17)14-7-4-5-8-15(14)24-19/h3-8H,9-12H2,1-2H3,(H,20,21)/b6-3+. The number of H-pyrrole nitrogens is 1. The molecule has 0 bridgehead atoms. The van der Waals surface area contributed by atoms with Crippen LogP contribution in [0, 0.1) is 6.92 Å². The van der Waals surface area contributed by atoms with Crippen LogP contribution in [0.15, 0.2) is 41.3 Å². The van der Waals surface area contributed by atoms with Crippen LogP contribution in [0.25, 0.3) is 11.3 Å². The molecule has 124 valence electrons. The van der Waals surface area contributed by atoms with E-state index in [1.807, 2.05) is 29.7 Å². The fourth-order valence-electron chi connectivity index (χ4n) is 3.88. The molecule has 0 unspecified atom stereocenters. The smallest absolute Gasteiger partial charge is 0.246 e. The van der Waals surface area contributed by atoms with Crippen molar-refractivity contribution in [3.8, 4) is 11.3 Å². The molecule has 1 N–H and O–H groups in total. The molecule has 4 rings (SSSR count). The summed E-state index contributed by atoms with van der Waals surface area (Å²) >= 11 is 1.95. The van der Waals surface area contributed by atoms with E-state index in [1.54, 1.807) is 6.08 Å². The maximum atomic E-state index is 12.1. The lowest BCUT2D eigenvalue weighted by Gasteiger charge is -2.43. The molecule has 0 saturated carbocycles. The number of amides is 1. The van der Waals surface area contributed by atoms with Crippen molar-refractivity contribution in [1.82, 2.24) is 15.1 Å². The fraction of sp³-hybridized carbons (Fsp3) is 0.368. The molecular weight excluding hydrogens is 318 g/mol. The molecule has 0 aliphatic carbocycles. The van der Waals surface area contributed by atoms with Crippen molar-refractivity contribution in [3.63, 3.8) is 0 Å². The number of carbonyl (C=O) groups excluding carboxylic acids is 1. The molecule has 2 aliphatic heterocycles. The summed E-state index contributed by atoms with van der Waals surface area (Å²) in [6, 6.07) is 8.50. The van der Waals surface area contributed by atoms with E-state index in [0.29, 0.717) is 0 Å². The van der Waals surface area contributed by atoms with Crippen molar-refractivity contribution in [2.45, 2.75) is 36.3 Å². The lowest BCUT2D eigenvalue weighted by atomic mass is 9.84. The lowest BCUT2D eigenvalue weighted by molar-refractivity contribution is -0.127. The van der Waals surface area contributed by atoms with Crippen LogP contribution in [-0.2, 0) is 9.54 Å². The number of fused-ring (bicyclic) bond motifs is 4. The Kier molecular flexibility index (Phi) is 3.76. The molecule has 2 aromatic rings. The third-order valence-electron chi connectivity index (χ3n) is 5.04. The Morgan fingerprint density at radius 3 is 2.83 bits per heavy atom. The van der Waals surface area contributed by atoms with E-state index in [0.717, 1.165) is 37.3 Å². The van der Waals surface area contributed by atoms with Crippen LogP contribution in [0.5, 0.6) is 0 Å². The number of carbonyl (C=O) groups is 1. The summed E-state index contributed by atoms with van der Waals surface area (Å²) in [4.78, 5) is 15.4. The van der Waals surface area contributed by atoms with Gasteiger partial charge in [-0.25, -0.2) is 0 Å². The van der Waals surface area contributed by atoms with Crippen LogP contribution in [-0.4, -0.2) is 34.1 Å². The molecule has 0 atom stereocenters. The predicted molar refractivity (Wildman–Crippen MR) is 96.9 cm³/mol. The van der Waals surface area contributed by atoms with Crippen LogP contribution < -0.4 is 0 Å². The minimum Gasteiger partial charge on any atom is -0.339 e. The molecule has 2 aliphatic rings. The van der Waals surface area contributed by atoms with Gasteiger partial charge in [-0.15, -0.1) is 11.8 Å². The number of allylic oxidation sites excluding steroid dienone is 1. The Morgan fingerprint density at radius 1 is 1.33 bits per heavy atom. The van der Waals surface area contributed by atoms with Gasteiger partial charge in [0.2, 0.25) is 5.91 Å². The van der Waals surface area contributed by atoms with Crippen molar-refractivity contribution in [2.75, 3.05) is 13.1 Å². The van der Waals surface area contributed by atoms with E-state index < -0.39 is 0 Å². The first-order valence-corrected chi connectivity index (χ1v) is 9.22. The van der Waals surface area contributed by atoms with Gasteiger partial charge in [0.1, 0.15) is 0 Å². The number of nitrogens with zero attached hydrogens (tertiary/aromatic N) is 2. The summed E-state index contributed by atoms with van der Waals surface area (Å²) in [5.74, 6) is 0.123. The quantitative estimate of drug-likeness (QED) is 0.802. The number of likely N-dealkylation sites (tertiary alicyclic amines) is 1. The number of hydrogen-bond donors (Lipinski definition) is 1. The predicted octanol–water partition coefficient (Wildman–Crippen LogP) is 3.88. The zero-order chi connectivity index (χ0) is 16.7. The number of thioether (sulfide) groups is 1. The molecule has 1 fully saturated rings. The van der Waals surface area contributed by atoms with E-state index in [4.69, 9.17) is 0 Å². The highest BCUT2D eigenvalue weighted by Gasteiger charge is 2.45. The Bertz CT molecular complexity index is 816. The first kappa shape index (κ1) is 15.5. The topological polar surface area (TPSA) is 49.0 Å². The number of piperidine rings is 1. The van der Waals surface area contributed by atoms with Gasteiger partial charge in [0, 0.05) is 34.8 Å². The summed E-state index contributed by atoms with van der Waals surface area (Å²) in [5.41, 5.74) is 4.81. The zero-order valence-electron chi connectivity index (χ0n) is 14.0. The van der Waals surface area contributed by atoms with Gasteiger partial charge in [-0.05, 0) is 38.8 Å². The van der Waals surface area contributed by atoms with Crippen molar-refractivity contribution >= 4 is 17.7 Å². The lowest BCUT2D eigenvalue weighted by Crippen LogP contribution is -2.44. The van der Waals surface area contributed by atoms with Crippen molar-refractivity contribution in [2.24, 2.45) is 0 Å². The molecule has 1 aromatic carbocycles. The van der Waals surface area contributed by atoms with Crippen LogP contribution in [0.4, 0.5) is 0 Å². The summed E-state index contributed by atoms with van der Waals surface area (Å²) in [5, 5.41) is 7.79. The number of aromatic amines is 1. The third-order valence-corrected chi connectivity index (χ3v) is 6.62. The summed E-state index contributed by atoms with van der Waals surface area (Å²) in [6.45, 7) is 5.59. The van der Waals surface area contributed by atoms with Crippen LogP contribution >= 0.6 is 11.8 Å². The molecule has 24 heavy (non-hydrogen) atoms. The number of nitrogens with one attached hydrogen (secondary N) is 1. The maximum Gasteiger partial charge on any atom is 0.246 e.